The maximum atomic E-state index is 12.1. The highest BCUT2D eigenvalue weighted by molar-refractivity contribution is 6.30. The van der Waals surface area contributed by atoms with Gasteiger partial charge in [0.2, 0.25) is 11.8 Å². The van der Waals surface area contributed by atoms with Crippen molar-refractivity contribution in [2.75, 3.05) is 23.3 Å². The Bertz CT molecular complexity index is 775. The van der Waals surface area contributed by atoms with Crippen LogP contribution in [0.2, 0.25) is 5.02 Å². The van der Waals surface area contributed by atoms with E-state index in [1.807, 2.05) is 55.5 Å². The van der Waals surface area contributed by atoms with E-state index >= 15 is 0 Å². The molecule has 0 spiro atoms. The van der Waals surface area contributed by atoms with Crippen LogP contribution in [0.4, 0.5) is 11.4 Å². The molecule has 0 aromatic heterocycles. The summed E-state index contributed by atoms with van der Waals surface area (Å²) in [5, 5.41) is 6.75. The SMILES string of the molecule is CC(NCC(=O)Nc1ccc(N2CCCC2=O)cc1)c1ccc(Cl)cc1. The Kier molecular flexibility index (Phi) is 5.91. The number of anilines is 2. The van der Waals surface area contributed by atoms with E-state index in [0.717, 1.165) is 24.2 Å². The number of nitrogens with zero attached hydrogens (tertiary/aromatic N) is 1. The van der Waals surface area contributed by atoms with E-state index in [1.165, 1.54) is 0 Å². The molecule has 0 aliphatic carbocycles. The third kappa shape index (κ3) is 4.62. The minimum absolute atomic E-state index is 0.0431. The van der Waals surface area contributed by atoms with Crippen LogP contribution < -0.4 is 15.5 Å². The summed E-state index contributed by atoms with van der Waals surface area (Å²) in [6.45, 7) is 2.96. The summed E-state index contributed by atoms with van der Waals surface area (Å²) in [6.07, 6.45) is 1.50. The summed E-state index contributed by atoms with van der Waals surface area (Å²) < 4.78 is 0. The molecule has 136 valence electrons. The van der Waals surface area contributed by atoms with E-state index in [-0.39, 0.29) is 24.4 Å². The summed E-state index contributed by atoms with van der Waals surface area (Å²) >= 11 is 5.89. The summed E-state index contributed by atoms with van der Waals surface area (Å²) in [7, 11) is 0. The van der Waals surface area contributed by atoms with Gasteiger partial charge >= 0.3 is 0 Å². The highest BCUT2D eigenvalue weighted by Crippen LogP contribution is 2.23. The number of nitrogens with one attached hydrogen (secondary N) is 2. The Balaban J connectivity index is 1.50. The molecule has 1 aliphatic rings. The van der Waals surface area contributed by atoms with Crippen LogP contribution in [0, 0.1) is 0 Å². The zero-order valence-corrected chi connectivity index (χ0v) is 15.4. The van der Waals surface area contributed by atoms with Crippen LogP contribution in [0.5, 0.6) is 0 Å². The lowest BCUT2D eigenvalue weighted by Crippen LogP contribution is -2.30. The second-order valence-corrected chi connectivity index (χ2v) is 6.83. The largest absolute Gasteiger partial charge is 0.325 e. The van der Waals surface area contributed by atoms with Crippen molar-refractivity contribution < 1.29 is 9.59 Å². The van der Waals surface area contributed by atoms with Crippen LogP contribution in [0.1, 0.15) is 31.4 Å². The van der Waals surface area contributed by atoms with Gasteiger partial charge in [-0.1, -0.05) is 23.7 Å². The summed E-state index contributed by atoms with van der Waals surface area (Å²) in [5.41, 5.74) is 2.66. The Hall–Kier alpha value is -2.37. The lowest BCUT2D eigenvalue weighted by Gasteiger charge is -2.16. The Morgan fingerprint density at radius 3 is 2.46 bits per heavy atom. The average molecular weight is 372 g/mol. The van der Waals surface area contributed by atoms with E-state index in [9.17, 15) is 9.59 Å². The molecule has 1 aliphatic heterocycles. The van der Waals surface area contributed by atoms with Gasteiger partial charge in [0.05, 0.1) is 6.54 Å². The van der Waals surface area contributed by atoms with Crippen molar-refractivity contribution in [3.8, 4) is 0 Å². The van der Waals surface area contributed by atoms with Crippen molar-refractivity contribution in [2.24, 2.45) is 0 Å². The summed E-state index contributed by atoms with van der Waals surface area (Å²) in [4.78, 5) is 25.7. The van der Waals surface area contributed by atoms with Gasteiger partial charge in [-0.3, -0.25) is 9.59 Å². The highest BCUT2D eigenvalue weighted by Gasteiger charge is 2.21. The molecular formula is C20H22ClN3O2. The minimum Gasteiger partial charge on any atom is -0.325 e. The van der Waals surface area contributed by atoms with E-state index in [0.29, 0.717) is 17.1 Å². The number of benzene rings is 2. The standard InChI is InChI=1S/C20H22ClN3O2/c1-14(15-4-6-16(21)7-5-15)22-13-19(25)23-17-8-10-18(11-9-17)24-12-2-3-20(24)26/h4-11,14,22H,2-3,12-13H2,1H3,(H,23,25). The van der Waals surface area contributed by atoms with Crippen LogP contribution in [0.25, 0.3) is 0 Å². The van der Waals surface area contributed by atoms with Crippen molar-refractivity contribution in [1.29, 1.82) is 0 Å². The number of carbonyl (C=O) groups is 2. The second-order valence-electron chi connectivity index (χ2n) is 6.40. The summed E-state index contributed by atoms with van der Waals surface area (Å²) in [6, 6.07) is 15.0. The van der Waals surface area contributed by atoms with Crippen LogP contribution >= 0.6 is 11.6 Å². The molecule has 0 bridgehead atoms. The molecule has 2 aromatic carbocycles. The monoisotopic (exact) mass is 371 g/mol. The van der Waals surface area contributed by atoms with Crippen LogP contribution in [-0.2, 0) is 9.59 Å². The molecule has 2 N–H and O–H groups in total. The van der Waals surface area contributed by atoms with Gasteiger partial charge < -0.3 is 15.5 Å². The molecule has 1 fully saturated rings. The number of hydrogen-bond donors (Lipinski definition) is 2. The van der Waals surface area contributed by atoms with Crippen molar-refractivity contribution in [2.45, 2.75) is 25.8 Å². The third-order valence-corrected chi connectivity index (χ3v) is 4.73. The number of hydrogen-bond acceptors (Lipinski definition) is 3. The van der Waals surface area contributed by atoms with Gasteiger partial charge in [0.15, 0.2) is 0 Å². The molecule has 26 heavy (non-hydrogen) atoms. The first-order valence-electron chi connectivity index (χ1n) is 8.72. The van der Waals surface area contributed by atoms with Gasteiger partial charge in [0, 0.05) is 35.4 Å². The average Bonchev–Trinajstić information content (AvgIpc) is 3.07. The molecule has 1 saturated heterocycles. The first kappa shape index (κ1) is 18.4. The third-order valence-electron chi connectivity index (χ3n) is 4.47. The number of carbonyl (C=O) groups excluding carboxylic acids is 2. The zero-order valence-electron chi connectivity index (χ0n) is 14.7. The smallest absolute Gasteiger partial charge is 0.238 e. The van der Waals surface area contributed by atoms with Gasteiger partial charge in [-0.2, -0.15) is 0 Å². The molecular weight excluding hydrogens is 350 g/mol. The van der Waals surface area contributed by atoms with Gasteiger partial charge in [0.25, 0.3) is 0 Å². The fourth-order valence-electron chi connectivity index (χ4n) is 2.97. The Labute approximate surface area is 158 Å². The zero-order chi connectivity index (χ0) is 18.5. The molecule has 2 amide bonds. The van der Waals surface area contributed by atoms with Crippen LogP contribution in [0.3, 0.4) is 0 Å². The quantitative estimate of drug-likeness (QED) is 0.812. The summed E-state index contributed by atoms with van der Waals surface area (Å²) in [5.74, 6) is 0.0398. The van der Waals surface area contributed by atoms with Crippen LogP contribution in [0.15, 0.2) is 48.5 Å². The molecule has 5 nitrogen and oxygen atoms in total. The maximum absolute atomic E-state index is 12.1. The van der Waals surface area contributed by atoms with E-state index < -0.39 is 0 Å². The fourth-order valence-corrected chi connectivity index (χ4v) is 3.09. The van der Waals surface area contributed by atoms with Gasteiger partial charge in [-0.25, -0.2) is 0 Å². The minimum atomic E-state index is -0.115. The molecule has 0 saturated carbocycles. The lowest BCUT2D eigenvalue weighted by atomic mass is 10.1. The molecule has 0 radical (unpaired) electrons. The topological polar surface area (TPSA) is 61.4 Å². The van der Waals surface area contributed by atoms with E-state index in [1.54, 1.807) is 4.90 Å². The highest BCUT2D eigenvalue weighted by atomic mass is 35.5. The number of amides is 2. The normalized spacial score (nSPS) is 15.2. The van der Waals surface area contributed by atoms with Crippen molar-refractivity contribution in [3.05, 3.63) is 59.1 Å². The predicted octanol–water partition coefficient (Wildman–Crippen LogP) is 3.76. The van der Waals surface area contributed by atoms with Crippen molar-refractivity contribution in [3.63, 3.8) is 0 Å². The molecule has 6 heteroatoms. The molecule has 1 heterocycles. The molecule has 3 rings (SSSR count). The van der Waals surface area contributed by atoms with Gasteiger partial charge in [0.1, 0.15) is 0 Å². The predicted molar refractivity (Wildman–Crippen MR) is 105 cm³/mol. The molecule has 2 aromatic rings. The van der Waals surface area contributed by atoms with Crippen molar-refractivity contribution >= 4 is 34.8 Å². The number of rotatable bonds is 6. The Morgan fingerprint density at radius 2 is 1.85 bits per heavy atom. The van der Waals surface area contributed by atoms with Crippen LogP contribution in [-0.4, -0.2) is 24.9 Å². The number of halogens is 1. The first-order chi connectivity index (χ1) is 12.5. The van der Waals surface area contributed by atoms with E-state index in [2.05, 4.69) is 10.6 Å². The Morgan fingerprint density at radius 1 is 1.15 bits per heavy atom. The van der Waals surface area contributed by atoms with Gasteiger partial charge in [-0.15, -0.1) is 0 Å². The van der Waals surface area contributed by atoms with Gasteiger partial charge in [-0.05, 0) is 55.3 Å². The first-order valence-corrected chi connectivity index (χ1v) is 9.10. The molecule has 1 unspecified atom stereocenters. The van der Waals surface area contributed by atoms with Crippen molar-refractivity contribution in [1.82, 2.24) is 5.32 Å². The molecule has 1 atom stereocenters. The van der Waals surface area contributed by atoms with E-state index in [4.69, 9.17) is 11.6 Å². The maximum Gasteiger partial charge on any atom is 0.238 e. The lowest BCUT2D eigenvalue weighted by molar-refractivity contribution is -0.117. The second kappa shape index (κ2) is 8.34. The fraction of sp³-hybridized carbons (Fsp3) is 0.300.